The molecule has 12 aromatic rings. The second kappa shape index (κ2) is 13.5. The highest BCUT2D eigenvalue weighted by Gasteiger charge is 2.19. The van der Waals surface area contributed by atoms with Crippen molar-refractivity contribution in [2.24, 2.45) is 0 Å². The number of hydrogen-bond acceptors (Lipinski definition) is 4. The minimum Gasteiger partial charge on any atom is -0.461 e. The molecule has 12 rings (SSSR count). The van der Waals surface area contributed by atoms with E-state index < -0.39 is 0 Å². The van der Waals surface area contributed by atoms with Crippen molar-refractivity contribution in [2.75, 3.05) is 0 Å². The van der Waals surface area contributed by atoms with E-state index in [1.807, 2.05) is 55.5 Å². The Balaban J connectivity index is 0.991. The number of para-hydroxylation sites is 2. The molecule has 0 N–H and O–H groups in total. The van der Waals surface area contributed by atoms with Crippen molar-refractivity contribution in [3.05, 3.63) is 200 Å². The third kappa shape index (κ3) is 5.63. The molecule has 0 bridgehead atoms. The monoisotopic (exact) mass is 769 g/mol. The number of hydrogen-bond donors (Lipinski definition) is 0. The Morgan fingerprint density at radius 3 is 1.78 bits per heavy atom. The molecule has 0 amide bonds. The van der Waals surface area contributed by atoms with Crippen LogP contribution >= 0.6 is 0 Å². The van der Waals surface area contributed by atoms with Crippen LogP contribution in [-0.2, 0) is 0 Å². The molecule has 0 saturated carbocycles. The molecule has 5 nitrogen and oxygen atoms in total. The van der Waals surface area contributed by atoms with E-state index in [-0.39, 0.29) is 0 Å². The van der Waals surface area contributed by atoms with Gasteiger partial charge in [-0.1, -0.05) is 127 Å². The summed E-state index contributed by atoms with van der Waals surface area (Å²) in [5, 5.41) is 5.65. The molecule has 0 atom stereocenters. The average Bonchev–Trinajstić information content (AvgIpc) is 3.99. The number of nitrogens with zero attached hydrogens (tertiary/aromatic N) is 3. The third-order valence-corrected chi connectivity index (χ3v) is 11.7. The van der Waals surface area contributed by atoms with Crippen LogP contribution in [0.3, 0.4) is 0 Å². The van der Waals surface area contributed by atoms with Crippen LogP contribution in [0, 0.1) is 6.92 Å². The molecule has 0 aliphatic rings. The smallest absolute Gasteiger partial charge is 0.160 e. The maximum absolute atomic E-state index is 6.37. The Labute approximate surface area is 345 Å². The number of aromatic nitrogens is 3. The zero-order valence-electron chi connectivity index (χ0n) is 32.6. The van der Waals surface area contributed by atoms with Gasteiger partial charge in [0.05, 0.1) is 28.1 Å². The third-order valence-electron chi connectivity index (χ3n) is 11.7. The summed E-state index contributed by atoms with van der Waals surface area (Å²) in [6, 6.07) is 68.1. The number of furan rings is 2. The number of rotatable bonds is 6. The van der Waals surface area contributed by atoms with Gasteiger partial charge in [0, 0.05) is 49.7 Å². The van der Waals surface area contributed by atoms with Crippen molar-refractivity contribution in [2.45, 2.75) is 6.92 Å². The molecule has 0 saturated heterocycles. The summed E-state index contributed by atoms with van der Waals surface area (Å²) in [4.78, 5) is 10.2. The van der Waals surface area contributed by atoms with E-state index in [1.54, 1.807) is 0 Å². The molecule has 0 unspecified atom stereocenters. The van der Waals surface area contributed by atoms with E-state index in [0.717, 1.165) is 106 Å². The molecule has 0 aliphatic carbocycles. The number of benzene rings is 8. The van der Waals surface area contributed by atoms with E-state index in [9.17, 15) is 0 Å². The fraction of sp³-hybridized carbons (Fsp3) is 0.0182. The van der Waals surface area contributed by atoms with Gasteiger partial charge < -0.3 is 13.4 Å². The lowest BCUT2D eigenvalue weighted by Gasteiger charge is -2.12. The lowest BCUT2D eigenvalue weighted by molar-refractivity contribution is 0.578. The first-order chi connectivity index (χ1) is 29.6. The summed E-state index contributed by atoms with van der Waals surface area (Å²) >= 11 is 0. The molecule has 0 aliphatic heterocycles. The Kier molecular flexibility index (Phi) is 7.69. The van der Waals surface area contributed by atoms with Gasteiger partial charge in [0.2, 0.25) is 0 Å². The van der Waals surface area contributed by atoms with Crippen LogP contribution in [0.1, 0.15) is 5.76 Å². The van der Waals surface area contributed by atoms with Crippen LogP contribution in [0.15, 0.2) is 203 Å². The van der Waals surface area contributed by atoms with Crippen molar-refractivity contribution in [1.82, 2.24) is 14.5 Å². The van der Waals surface area contributed by atoms with Crippen molar-refractivity contribution >= 4 is 54.7 Å². The first-order valence-corrected chi connectivity index (χ1v) is 20.2. The molecular formula is C55H35N3O2. The van der Waals surface area contributed by atoms with Gasteiger partial charge in [-0.3, -0.25) is 0 Å². The Bertz CT molecular complexity index is 3560. The topological polar surface area (TPSA) is 57.0 Å². The van der Waals surface area contributed by atoms with E-state index >= 15 is 0 Å². The molecular weight excluding hydrogens is 735 g/mol. The Morgan fingerprint density at radius 2 is 0.983 bits per heavy atom. The summed E-state index contributed by atoms with van der Waals surface area (Å²) in [6.07, 6.45) is 0. The molecule has 0 spiro atoms. The SMILES string of the molecule is Cc1cc2c(-c3ccc4c(c3)oc3ccccc34)cc(-n3c4ccccc4c4cc(-c5cccc(-c6nc(-c7ccccc7)cc(-c7ccccc7)n6)c5)ccc43)cc2o1. The van der Waals surface area contributed by atoms with Crippen molar-refractivity contribution in [1.29, 1.82) is 0 Å². The number of aryl methyl sites for hydroxylation is 1. The predicted octanol–water partition coefficient (Wildman–Crippen LogP) is 14.9. The Morgan fingerprint density at radius 1 is 0.367 bits per heavy atom. The van der Waals surface area contributed by atoms with Gasteiger partial charge in [0.1, 0.15) is 22.5 Å². The molecule has 60 heavy (non-hydrogen) atoms. The molecule has 0 fully saturated rings. The summed E-state index contributed by atoms with van der Waals surface area (Å²) in [6.45, 7) is 2.01. The zero-order valence-corrected chi connectivity index (χ0v) is 32.6. The van der Waals surface area contributed by atoms with Gasteiger partial charge in [-0.05, 0) is 89.8 Å². The van der Waals surface area contributed by atoms with Gasteiger partial charge >= 0.3 is 0 Å². The van der Waals surface area contributed by atoms with Crippen LogP contribution in [0.5, 0.6) is 0 Å². The largest absolute Gasteiger partial charge is 0.461 e. The summed E-state index contributed by atoms with van der Waals surface area (Å²) in [5.74, 6) is 1.56. The molecule has 8 aromatic carbocycles. The van der Waals surface area contributed by atoms with Crippen molar-refractivity contribution in [3.8, 4) is 61.8 Å². The maximum atomic E-state index is 6.37. The van der Waals surface area contributed by atoms with E-state index in [4.69, 9.17) is 18.8 Å². The van der Waals surface area contributed by atoms with Crippen LogP contribution in [0.25, 0.3) is 117 Å². The highest BCUT2D eigenvalue weighted by molar-refractivity contribution is 6.11. The second-order valence-electron chi connectivity index (χ2n) is 15.4. The molecule has 0 radical (unpaired) electrons. The molecule has 5 heteroatoms. The highest BCUT2D eigenvalue weighted by atomic mass is 16.3. The normalized spacial score (nSPS) is 11.8. The highest BCUT2D eigenvalue weighted by Crippen LogP contribution is 2.41. The predicted molar refractivity (Wildman–Crippen MR) is 245 cm³/mol. The molecule has 4 heterocycles. The fourth-order valence-corrected chi connectivity index (χ4v) is 8.87. The minimum atomic E-state index is 0.688. The minimum absolute atomic E-state index is 0.688. The lowest BCUT2D eigenvalue weighted by atomic mass is 9.99. The van der Waals surface area contributed by atoms with Gasteiger partial charge in [-0.15, -0.1) is 0 Å². The van der Waals surface area contributed by atoms with Gasteiger partial charge in [0.25, 0.3) is 0 Å². The summed E-state index contributed by atoms with van der Waals surface area (Å²) < 4.78 is 15.1. The van der Waals surface area contributed by atoms with Crippen molar-refractivity contribution < 1.29 is 8.83 Å². The first-order valence-electron chi connectivity index (χ1n) is 20.2. The fourth-order valence-electron chi connectivity index (χ4n) is 8.87. The van der Waals surface area contributed by atoms with E-state index in [0.29, 0.717) is 5.82 Å². The summed E-state index contributed by atoms with van der Waals surface area (Å²) in [5.41, 5.74) is 15.1. The van der Waals surface area contributed by atoms with E-state index in [1.165, 1.54) is 10.8 Å². The lowest BCUT2D eigenvalue weighted by Crippen LogP contribution is -1.96. The van der Waals surface area contributed by atoms with Crippen LogP contribution in [0.2, 0.25) is 0 Å². The van der Waals surface area contributed by atoms with Crippen molar-refractivity contribution in [3.63, 3.8) is 0 Å². The van der Waals surface area contributed by atoms with Crippen LogP contribution < -0.4 is 0 Å². The standard InChI is InChI=1S/C55H35N3O2/c1-34-27-47-45(39-23-25-44-43-20-9-11-22-52(43)60-53(44)30-39)31-41(32-54(47)59-34)58-50-21-10-8-19-42(50)46-29-38(24-26-51(46)58)37-17-12-18-40(28-37)55-56-48(35-13-4-2-5-14-35)33-49(57-55)36-15-6-3-7-16-36/h2-33H,1H3. The maximum Gasteiger partial charge on any atom is 0.160 e. The zero-order chi connectivity index (χ0) is 39.7. The quantitative estimate of drug-likeness (QED) is 0.169. The van der Waals surface area contributed by atoms with Gasteiger partial charge in [-0.25, -0.2) is 9.97 Å². The summed E-state index contributed by atoms with van der Waals surface area (Å²) in [7, 11) is 0. The van der Waals surface area contributed by atoms with Crippen LogP contribution in [-0.4, -0.2) is 14.5 Å². The van der Waals surface area contributed by atoms with Crippen LogP contribution in [0.4, 0.5) is 0 Å². The van der Waals surface area contributed by atoms with Gasteiger partial charge in [0.15, 0.2) is 5.82 Å². The number of fused-ring (bicyclic) bond motifs is 7. The Hall–Kier alpha value is -8.02. The average molecular weight is 770 g/mol. The second-order valence-corrected chi connectivity index (χ2v) is 15.4. The molecule has 4 aromatic heterocycles. The molecule has 282 valence electrons. The van der Waals surface area contributed by atoms with E-state index in [2.05, 4.69) is 150 Å². The van der Waals surface area contributed by atoms with Gasteiger partial charge in [-0.2, -0.15) is 0 Å². The first kappa shape index (κ1) is 34.1.